The molecule has 0 bridgehead atoms. The van der Waals surface area contributed by atoms with Gasteiger partial charge in [0.05, 0.1) is 6.61 Å². The van der Waals surface area contributed by atoms with E-state index in [0.29, 0.717) is 13.0 Å². The summed E-state index contributed by atoms with van der Waals surface area (Å²) in [6.07, 6.45) is 0.380. The van der Waals surface area contributed by atoms with E-state index in [2.05, 4.69) is 9.84 Å². The average molecular weight is 197 g/mol. The number of nitrogens with two attached hydrogens (primary N) is 1. The van der Waals surface area contributed by atoms with Crippen LogP contribution in [0.2, 0.25) is 0 Å². The fourth-order valence-electron chi connectivity index (χ4n) is 0.479. The van der Waals surface area contributed by atoms with E-state index in [1.165, 1.54) is 0 Å². The van der Waals surface area contributed by atoms with Crippen LogP contribution in [0.3, 0.4) is 0 Å². The van der Waals surface area contributed by atoms with Gasteiger partial charge in [-0.1, -0.05) is 0 Å². The molecule has 72 valence electrons. The van der Waals surface area contributed by atoms with Gasteiger partial charge in [0.15, 0.2) is 5.96 Å². The lowest BCUT2D eigenvalue weighted by molar-refractivity contribution is 0.195. The molecular weight excluding hydrogens is 185 g/mol. The van der Waals surface area contributed by atoms with Crippen molar-refractivity contribution in [2.75, 3.05) is 13.2 Å². The zero-order valence-electron chi connectivity index (χ0n) is 6.36. The van der Waals surface area contributed by atoms with Gasteiger partial charge in [0.25, 0.3) is 0 Å². The van der Waals surface area contributed by atoms with Crippen LogP contribution < -0.4 is 11.1 Å². The van der Waals surface area contributed by atoms with Crippen molar-refractivity contribution in [3.63, 3.8) is 0 Å². The number of phosphoric acid groups is 1. The quantitative estimate of drug-likeness (QED) is 0.166. The van der Waals surface area contributed by atoms with Gasteiger partial charge in [-0.3, -0.25) is 9.93 Å². The average Bonchev–Trinajstić information content (AvgIpc) is 1.83. The number of rotatable bonds is 5. The molecule has 0 aromatic rings. The summed E-state index contributed by atoms with van der Waals surface area (Å²) < 4.78 is 14.2. The van der Waals surface area contributed by atoms with Crippen LogP contribution in [0.25, 0.3) is 0 Å². The van der Waals surface area contributed by atoms with Crippen molar-refractivity contribution < 1.29 is 18.9 Å². The highest BCUT2D eigenvalue weighted by Crippen LogP contribution is 2.35. The van der Waals surface area contributed by atoms with E-state index in [0.717, 1.165) is 0 Å². The van der Waals surface area contributed by atoms with Crippen LogP contribution in [0.15, 0.2) is 0 Å². The molecule has 0 heterocycles. The van der Waals surface area contributed by atoms with Crippen molar-refractivity contribution in [1.82, 2.24) is 5.32 Å². The molecule has 0 saturated heterocycles. The first-order valence-corrected chi connectivity index (χ1v) is 4.73. The number of hydrogen-bond acceptors (Lipinski definition) is 3. The second-order valence-corrected chi connectivity index (χ2v) is 3.26. The van der Waals surface area contributed by atoms with E-state index >= 15 is 0 Å². The zero-order valence-corrected chi connectivity index (χ0v) is 7.25. The molecule has 0 amide bonds. The summed E-state index contributed by atoms with van der Waals surface area (Å²) in [6, 6.07) is 0. The first kappa shape index (κ1) is 11.4. The summed E-state index contributed by atoms with van der Waals surface area (Å²) in [6.45, 7) is 0.292. The predicted octanol–water partition coefficient (Wildman–Crippen LogP) is -1.03. The highest BCUT2D eigenvalue weighted by Gasteiger charge is 2.12. The molecule has 6 N–H and O–H groups in total. The maximum Gasteiger partial charge on any atom is 0.469 e. The van der Waals surface area contributed by atoms with Crippen molar-refractivity contribution >= 4 is 13.8 Å². The van der Waals surface area contributed by atoms with Gasteiger partial charge in [0.2, 0.25) is 0 Å². The second-order valence-electron chi connectivity index (χ2n) is 2.02. The minimum absolute atomic E-state index is 0.0649. The smallest absolute Gasteiger partial charge is 0.370 e. The van der Waals surface area contributed by atoms with Crippen LogP contribution >= 0.6 is 7.82 Å². The van der Waals surface area contributed by atoms with Crippen molar-refractivity contribution in [2.24, 2.45) is 5.73 Å². The van der Waals surface area contributed by atoms with Crippen molar-refractivity contribution in [3.05, 3.63) is 0 Å². The molecule has 0 fully saturated rings. The zero-order chi connectivity index (χ0) is 9.61. The Kier molecular flexibility index (Phi) is 4.84. The molecule has 8 heteroatoms. The second kappa shape index (κ2) is 5.10. The Hall–Kier alpha value is -0.620. The van der Waals surface area contributed by atoms with Crippen molar-refractivity contribution in [1.29, 1.82) is 5.41 Å². The normalized spacial score (nSPS) is 11.2. The molecule has 0 atom stereocenters. The van der Waals surface area contributed by atoms with Gasteiger partial charge in [-0.25, -0.2) is 4.57 Å². The van der Waals surface area contributed by atoms with Crippen LogP contribution in [0, 0.1) is 5.41 Å². The Bertz CT molecular complexity index is 191. The lowest BCUT2D eigenvalue weighted by atomic mass is 10.4. The maximum atomic E-state index is 10.1. The molecular formula is C4H12N3O4P. The van der Waals surface area contributed by atoms with Gasteiger partial charge < -0.3 is 20.8 Å². The Labute approximate surface area is 69.7 Å². The number of phosphoric ester groups is 1. The van der Waals surface area contributed by atoms with Crippen LogP contribution in [-0.2, 0) is 9.09 Å². The number of guanidine groups is 1. The first-order valence-electron chi connectivity index (χ1n) is 3.20. The van der Waals surface area contributed by atoms with Crippen LogP contribution in [-0.4, -0.2) is 28.9 Å². The minimum atomic E-state index is -4.34. The standard InChI is InChI=1S/C4H12N3O4P/c5-4(6)7-2-1-3-11-12(8,9)10/h1-3H2,(H4,5,6,7)(H2,8,9,10). The van der Waals surface area contributed by atoms with Crippen LogP contribution in [0.1, 0.15) is 6.42 Å². The van der Waals surface area contributed by atoms with Gasteiger partial charge >= 0.3 is 7.82 Å². The van der Waals surface area contributed by atoms with Gasteiger partial charge in [-0.05, 0) is 6.42 Å². The summed E-state index contributed by atoms with van der Waals surface area (Å²) >= 11 is 0. The van der Waals surface area contributed by atoms with E-state index < -0.39 is 7.82 Å². The number of nitrogens with one attached hydrogen (secondary N) is 2. The molecule has 0 unspecified atom stereocenters. The Morgan fingerprint density at radius 2 is 2.25 bits per heavy atom. The Morgan fingerprint density at radius 1 is 1.67 bits per heavy atom. The summed E-state index contributed by atoms with van der Waals surface area (Å²) in [5.74, 6) is -0.175. The lowest BCUT2D eigenvalue weighted by Gasteiger charge is -2.05. The summed E-state index contributed by atoms with van der Waals surface area (Å²) in [5.41, 5.74) is 4.94. The highest BCUT2D eigenvalue weighted by atomic mass is 31.2. The Morgan fingerprint density at radius 3 is 2.67 bits per heavy atom. The van der Waals surface area contributed by atoms with Gasteiger partial charge in [0, 0.05) is 6.54 Å². The Balaban J connectivity index is 3.23. The van der Waals surface area contributed by atoms with Gasteiger partial charge in [0.1, 0.15) is 0 Å². The number of hydrogen-bond donors (Lipinski definition) is 5. The fourth-order valence-corrected chi connectivity index (χ4v) is 0.846. The molecule has 0 spiro atoms. The minimum Gasteiger partial charge on any atom is -0.370 e. The molecule has 0 aliphatic heterocycles. The molecule has 12 heavy (non-hydrogen) atoms. The lowest BCUT2D eigenvalue weighted by Crippen LogP contribution is -2.31. The largest absolute Gasteiger partial charge is 0.469 e. The monoisotopic (exact) mass is 197 g/mol. The fraction of sp³-hybridized carbons (Fsp3) is 0.750. The molecule has 0 aliphatic carbocycles. The van der Waals surface area contributed by atoms with E-state index in [1.807, 2.05) is 0 Å². The summed E-state index contributed by atoms with van der Waals surface area (Å²) in [5, 5.41) is 9.18. The maximum absolute atomic E-state index is 10.1. The predicted molar refractivity (Wildman–Crippen MR) is 42.5 cm³/mol. The SMILES string of the molecule is N=C(N)NCCCOP(=O)(O)O. The molecule has 0 rings (SSSR count). The third-order valence-electron chi connectivity index (χ3n) is 0.896. The van der Waals surface area contributed by atoms with Gasteiger partial charge in [-0.15, -0.1) is 0 Å². The molecule has 0 radical (unpaired) electrons. The van der Waals surface area contributed by atoms with Crippen molar-refractivity contribution in [2.45, 2.75) is 6.42 Å². The third-order valence-corrected chi connectivity index (χ3v) is 1.41. The summed E-state index contributed by atoms with van der Waals surface area (Å²) in [4.78, 5) is 16.5. The molecule has 0 saturated carbocycles. The van der Waals surface area contributed by atoms with E-state index in [4.69, 9.17) is 20.9 Å². The van der Waals surface area contributed by atoms with E-state index in [1.54, 1.807) is 0 Å². The van der Waals surface area contributed by atoms with Crippen LogP contribution in [0.4, 0.5) is 0 Å². The molecule has 0 aliphatic rings. The highest BCUT2D eigenvalue weighted by molar-refractivity contribution is 7.46. The van der Waals surface area contributed by atoms with E-state index in [9.17, 15) is 4.57 Å². The first-order chi connectivity index (χ1) is 5.42. The molecule has 0 aromatic carbocycles. The van der Waals surface area contributed by atoms with Crippen LogP contribution in [0.5, 0.6) is 0 Å². The molecule has 7 nitrogen and oxygen atoms in total. The van der Waals surface area contributed by atoms with E-state index in [-0.39, 0.29) is 12.6 Å². The molecule has 0 aromatic heterocycles. The van der Waals surface area contributed by atoms with Crippen molar-refractivity contribution in [3.8, 4) is 0 Å². The summed E-state index contributed by atoms with van der Waals surface area (Å²) in [7, 11) is -4.34. The topological polar surface area (TPSA) is 129 Å². The van der Waals surface area contributed by atoms with Gasteiger partial charge in [-0.2, -0.15) is 0 Å². The third kappa shape index (κ3) is 9.38.